The van der Waals surface area contributed by atoms with Crippen LogP contribution in [0, 0.1) is 0 Å². The summed E-state index contributed by atoms with van der Waals surface area (Å²) >= 11 is 0. The van der Waals surface area contributed by atoms with Crippen molar-refractivity contribution < 1.29 is 19.4 Å². The van der Waals surface area contributed by atoms with Crippen LogP contribution in [-0.4, -0.2) is 46.3 Å². The van der Waals surface area contributed by atoms with Gasteiger partial charge >= 0.3 is 5.97 Å². The smallest absolute Gasteiger partial charge is 0.337 e. The first-order valence-corrected chi connectivity index (χ1v) is 9.29. The maximum atomic E-state index is 12.5. The topological polar surface area (TPSA) is 105 Å². The summed E-state index contributed by atoms with van der Waals surface area (Å²) in [5.74, 6) is -0.0419. The first-order valence-electron chi connectivity index (χ1n) is 9.29. The second kappa shape index (κ2) is 9.20. The van der Waals surface area contributed by atoms with E-state index >= 15 is 0 Å². The largest absolute Gasteiger partial charge is 0.465 e. The van der Waals surface area contributed by atoms with Crippen molar-refractivity contribution in [1.82, 2.24) is 14.9 Å². The van der Waals surface area contributed by atoms with Crippen LogP contribution in [0.5, 0.6) is 0 Å². The Hall–Kier alpha value is -3.39. The molecule has 0 fully saturated rings. The van der Waals surface area contributed by atoms with Gasteiger partial charge in [0.2, 0.25) is 11.9 Å². The molecular formula is C21H24N4O4. The molecule has 8 heteroatoms. The van der Waals surface area contributed by atoms with Crippen molar-refractivity contribution in [3.63, 3.8) is 0 Å². The Morgan fingerprint density at radius 1 is 1.17 bits per heavy atom. The predicted octanol–water partition coefficient (Wildman–Crippen LogP) is 1.93. The summed E-state index contributed by atoms with van der Waals surface area (Å²) in [6.45, 7) is 2.43. The van der Waals surface area contributed by atoms with Crippen molar-refractivity contribution in [1.29, 1.82) is 0 Å². The first kappa shape index (κ1) is 20.3. The van der Waals surface area contributed by atoms with Crippen LogP contribution in [-0.2, 0) is 22.6 Å². The molecule has 1 aromatic heterocycles. The number of anilines is 1. The Labute approximate surface area is 168 Å². The first-order chi connectivity index (χ1) is 14.0. The highest BCUT2D eigenvalue weighted by atomic mass is 16.5. The molecule has 0 bridgehead atoms. The average Bonchev–Trinajstić information content (AvgIpc) is 3.08. The van der Waals surface area contributed by atoms with E-state index < -0.39 is 12.1 Å². The minimum Gasteiger partial charge on any atom is -0.465 e. The Kier molecular flexibility index (Phi) is 6.46. The van der Waals surface area contributed by atoms with E-state index in [0.717, 1.165) is 16.6 Å². The lowest BCUT2D eigenvalue weighted by Crippen LogP contribution is -2.28. The number of para-hydroxylation sites is 2. The molecule has 0 saturated heterocycles. The fourth-order valence-corrected chi connectivity index (χ4v) is 2.89. The molecule has 3 N–H and O–H groups in total. The zero-order chi connectivity index (χ0) is 20.8. The number of hydrogen-bond acceptors (Lipinski definition) is 6. The number of imidazole rings is 1. The molecular weight excluding hydrogens is 372 g/mol. The van der Waals surface area contributed by atoms with Crippen molar-refractivity contribution in [3.05, 3.63) is 59.7 Å². The normalized spacial score (nSPS) is 11.8. The zero-order valence-electron chi connectivity index (χ0n) is 16.4. The lowest BCUT2D eigenvalue weighted by atomic mass is 10.1. The summed E-state index contributed by atoms with van der Waals surface area (Å²) in [5, 5.41) is 15.5. The number of nitrogens with zero attached hydrogens (tertiary/aromatic N) is 2. The Balaban J connectivity index is 1.67. The second-order valence-corrected chi connectivity index (χ2v) is 6.71. The maximum Gasteiger partial charge on any atom is 0.337 e. The van der Waals surface area contributed by atoms with Crippen LogP contribution < -0.4 is 10.6 Å². The van der Waals surface area contributed by atoms with E-state index in [1.54, 1.807) is 35.8 Å². The van der Waals surface area contributed by atoms with Gasteiger partial charge < -0.3 is 25.0 Å². The quantitative estimate of drug-likeness (QED) is 0.503. The number of amides is 1. The average molecular weight is 396 g/mol. The summed E-state index contributed by atoms with van der Waals surface area (Å²) in [6, 6.07) is 14.4. The minimum absolute atomic E-state index is 0.0862. The van der Waals surface area contributed by atoms with Gasteiger partial charge in [0.15, 0.2) is 0 Å². The molecule has 1 amide bonds. The SMILES string of the molecule is COC(=O)c1ccc(CNC(=O)Cn2c(NC[C@@H](C)O)nc3ccccc32)cc1. The van der Waals surface area contributed by atoms with Crippen LogP contribution in [0.25, 0.3) is 11.0 Å². The van der Waals surface area contributed by atoms with E-state index in [0.29, 0.717) is 24.6 Å². The van der Waals surface area contributed by atoms with Crippen LogP contribution in [0.1, 0.15) is 22.8 Å². The molecule has 0 aliphatic heterocycles. The van der Waals surface area contributed by atoms with Crippen molar-refractivity contribution in [2.45, 2.75) is 26.1 Å². The van der Waals surface area contributed by atoms with E-state index in [4.69, 9.17) is 0 Å². The van der Waals surface area contributed by atoms with Gasteiger partial charge in [-0.3, -0.25) is 4.79 Å². The van der Waals surface area contributed by atoms with Gasteiger partial charge in [0.1, 0.15) is 6.54 Å². The standard InChI is InChI=1S/C21H24N4O4/c1-14(26)11-23-21-24-17-5-3-4-6-18(17)25(21)13-19(27)22-12-15-7-9-16(10-8-15)20(28)29-2/h3-10,14,26H,11-13H2,1-2H3,(H,22,27)(H,23,24)/t14-/m1/s1. The fourth-order valence-electron chi connectivity index (χ4n) is 2.89. The van der Waals surface area contributed by atoms with Gasteiger partial charge in [-0.25, -0.2) is 9.78 Å². The number of ether oxygens (including phenoxy) is 1. The molecule has 3 rings (SSSR count). The molecule has 2 aromatic carbocycles. The second-order valence-electron chi connectivity index (χ2n) is 6.71. The summed E-state index contributed by atoms with van der Waals surface area (Å²) in [4.78, 5) is 28.5. The molecule has 3 aromatic rings. The van der Waals surface area contributed by atoms with E-state index in [1.165, 1.54) is 7.11 Å². The van der Waals surface area contributed by atoms with Crippen LogP contribution >= 0.6 is 0 Å². The van der Waals surface area contributed by atoms with Gasteiger partial charge in [-0.1, -0.05) is 24.3 Å². The maximum absolute atomic E-state index is 12.5. The monoisotopic (exact) mass is 396 g/mol. The highest BCUT2D eigenvalue weighted by Crippen LogP contribution is 2.19. The number of fused-ring (bicyclic) bond motifs is 1. The van der Waals surface area contributed by atoms with Gasteiger partial charge in [-0.15, -0.1) is 0 Å². The Morgan fingerprint density at radius 3 is 2.59 bits per heavy atom. The number of aromatic nitrogens is 2. The molecule has 0 unspecified atom stereocenters. The van der Waals surface area contributed by atoms with Gasteiger partial charge in [0, 0.05) is 13.1 Å². The molecule has 1 heterocycles. The Bertz CT molecular complexity index is 996. The molecule has 0 radical (unpaired) electrons. The van der Waals surface area contributed by atoms with E-state index in [-0.39, 0.29) is 12.5 Å². The molecule has 152 valence electrons. The molecule has 0 aliphatic rings. The van der Waals surface area contributed by atoms with Crippen molar-refractivity contribution in [2.75, 3.05) is 19.0 Å². The van der Waals surface area contributed by atoms with Crippen molar-refractivity contribution in [2.24, 2.45) is 0 Å². The van der Waals surface area contributed by atoms with Crippen LogP contribution in [0.15, 0.2) is 48.5 Å². The highest BCUT2D eigenvalue weighted by Gasteiger charge is 2.14. The number of nitrogens with one attached hydrogen (secondary N) is 2. The number of aliphatic hydroxyl groups is 1. The zero-order valence-corrected chi connectivity index (χ0v) is 16.4. The molecule has 0 saturated carbocycles. The molecule has 29 heavy (non-hydrogen) atoms. The Morgan fingerprint density at radius 2 is 1.90 bits per heavy atom. The third-order valence-electron chi connectivity index (χ3n) is 4.38. The lowest BCUT2D eigenvalue weighted by molar-refractivity contribution is -0.121. The van der Waals surface area contributed by atoms with Crippen LogP contribution in [0.4, 0.5) is 5.95 Å². The van der Waals surface area contributed by atoms with E-state index in [9.17, 15) is 14.7 Å². The number of benzene rings is 2. The van der Waals surface area contributed by atoms with Gasteiger partial charge in [-0.05, 0) is 36.8 Å². The number of rotatable bonds is 8. The molecule has 8 nitrogen and oxygen atoms in total. The lowest BCUT2D eigenvalue weighted by Gasteiger charge is -2.12. The number of aliphatic hydroxyl groups excluding tert-OH is 1. The summed E-state index contributed by atoms with van der Waals surface area (Å²) in [7, 11) is 1.33. The highest BCUT2D eigenvalue weighted by molar-refractivity contribution is 5.89. The summed E-state index contributed by atoms with van der Waals surface area (Å²) in [6.07, 6.45) is -0.537. The number of methoxy groups -OCH3 is 1. The number of hydrogen-bond donors (Lipinski definition) is 3. The van der Waals surface area contributed by atoms with Crippen LogP contribution in [0.2, 0.25) is 0 Å². The van der Waals surface area contributed by atoms with Crippen LogP contribution in [0.3, 0.4) is 0 Å². The van der Waals surface area contributed by atoms with Gasteiger partial charge in [-0.2, -0.15) is 0 Å². The number of esters is 1. The third-order valence-corrected chi connectivity index (χ3v) is 4.38. The molecule has 0 aliphatic carbocycles. The van der Waals surface area contributed by atoms with E-state index in [2.05, 4.69) is 20.4 Å². The molecule has 0 spiro atoms. The summed E-state index contributed by atoms with van der Waals surface area (Å²) < 4.78 is 6.46. The minimum atomic E-state index is -0.537. The number of carbonyl (C=O) groups excluding carboxylic acids is 2. The van der Waals surface area contributed by atoms with Gasteiger partial charge in [0.25, 0.3) is 0 Å². The molecule has 1 atom stereocenters. The third kappa shape index (κ3) is 5.11. The van der Waals surface area contributed by atoms with Gasteiger partial charge in [0.05, 0.1) is 29.8 Å². The van der Waals surface area contributed by atoms with Crippen molar-refractivity contribution >= 4 is 28.9 Å². The fraction of sp³-hybridized carbons (Fsp3) is 0.286. The van der Waals surface area contributed by atoms with Crippen molar-refractivity contribution in [3.8, 4) is 0 Å². The summed E-state index contributed by atoms with van der Waals surface area (Å²) in [5.41, 5.74) is 2.93. The number of carbonyl (C=O) groups is 2. The van der Waals surface area contributed by atoms with E-state index in [1.807, 2.05) is 24.3 Å². The predicted molar refractivity (Wildman–Crippen MR) is 110 cm³/mol.